The highest BCUT2D eigenvalue weighted by Gasteiger charge is 2.24. The SMILES string of the molecule is C=C(C=O)/C=C1/N=C(c2cccc([N+](=O)[O-])c2)C=C(N2CCOCC2)N1C. The van der Waals surface area contributed by atoms with Gasteiger partial charge in [-0.3, -0.25) is 14.9 Å². The van der Waals surface area contributed by atoms with Crippen LogP contribution in [0.1, 0.15) is 5.56 Å². The van der Waals surface area contributed by atoms with E-state index in [1.165, 1.54) is 12.1 Å². The van der Waals surface area contributed by atoms with Crippen LogP contribution in [0, 0.1) is 10.1 Å². The number of hydrogen-bond donors (Lipinski definition) is 0. The molecule has 3 rings (SSSR count). The largest absolute Gasteiger partial charge is 0.378 e. The maximum Gasteiger partial charge on any atom is 0.270 e. The number of nitro groups is 1. The smallest absolute Gasteiger partial charge is 0.270 e. The maximum absolute atomic E-state index is 11.1. The number of non-ortho nitro benzene ring substituents is 1. The fraction of sp³-hybridized carbons (Fsp3) is 0.263. The number of nitro benzene ring substituents is 1. The van der Waals surface area contributed by atoms with Crippen LogP contribution < -0.4 is 0 Å². The van der Waals surface area contributed by atoms with Crippen molar-refractivity contribution in [3.63, 3.8) is 0 Å². The molecule has 0 atom stereocenters. The third-order valence-electron chi connectivity index (χ3n) is 4.34. The monoisotopic (exact) mass is 368 g/mol. The number of rotatable bonds is 5. The van der Waals surface area contributed by atoms with E-state index < -0.39 is 4.92 Å². The average molecular weight is 368 g/mol. The van der Waals surface area contributed by atoms with Crippen molar-refractivity contribution in [3.8, 4) is 0 Å². The highest BCUT2D eigenvalue weighted by molar-refractivity contribution is 6.10. The lowest BCUT2D eigenvalue weighted by Gasteiger charge is -2.38. The Kier molecular flexibility index (Phi) is 5.46. The molecule has 1 saturated heterocycles. The van der Waals surface area contributed by atoms with Gasteiger partial charge in [-0.25, -0.2) is 4.99 Å². The number of nitrogens with zero attached hydrogens (tertiary/aromatic N) is 4. The predicted octanol–water partition coefficient (Wildman–Crippen LogP) is 2.10. The predicted molar refractivity (Wildman–Crippen MR) is 101 cm³/mol. The van der Waals surface area contributed by atoms with Gasteiger partial charge in [0.2, 0.25) is 0 Å². The molecule has 2 aliphatic rings. The molecule has 8 nitrogen and oxygen atoms in total. The van der Waals surface area contributed by atoms with Crippen LogP contribution in [-0.2, 0) is 9.53 Å². The molecule has 0 N–H and O–H groups in total. The lowest BCUT2D eigenvalue weighted by molar-refractivity contribution is -0.384. The van der Waals surface area contributed by atoms with Crippen LogP contribution in [0.15, 0.2) is 65.2 Å². The van der Waals surface area contributed by atoms with E-state index in [0.717, 1.165) is 18.9 Å². The van der Waals surface area contributed by atoms with E-state index in [9.17, 15) is 14.9 Å². The number of allylic oxidation sites excluding steroid dienone is 3. The molecule has 0 aliphatic carbocycles. The summed E-state index contributed by atoms with van der Waals surface area (Å²) in [7, 11) is 1.86. The minimum Gasteiger partial charge on any atom is -0.378 e. The molecule has 0 bridgehead atoms. The van der Waals surface area contributed by atoms with Gasteiger partial charge < -0.3 is 14.5 Å². The van der Waals surface area contributed by atoms with Gasteiger partial charge in [0, 0.05) is 49.5 Å². The van der Waals surface area contributed by atoms with Crippen molar-refractivity contribution in [2.24, 2.45) is 4.99 Å². The second-order valence-corrected chi connectivity index (χ2v) is 6.16. The Balaban J connectivity index is 2.06. The first kappa shape index (κ1) is 18.5. The third kappa shape index (κ3) is 4.12. The molecule has 0 radical (unpaired) electrons. The first-order chi connectivity index (χ1) is 13.0. The summed E-state index contributed by atoms with van der Waals surface area (Å²) in [6.45, 7) is 6.38. The van der Waals surface area contributed by atoms with Gasteiger partial charge in [-0.15, -0.1) is 0 Å². The van der Waals surface area contributed by atoms with Crippen LogP contribution in [0.4, 0.5) is 5.69 Å². The molecule has 140 valence electrons. The molecule has 27 heavy (non-hydrogen) atoms. The Morgan fingerprint density at radius 3 is 2.78 bits per heavy atom. The van der Waals surface area contributed by atoms with Crippen LogP contribution in [0.3, 0.4) is 0 Å². The van der Waals surface area contributed by atoms with E-state index in [1.54, 1.807) is 18.2 Å². The van der Waals surface area contributed by atoms with E-state index in [4.69, 9.17) is 4.74 Å². The fourth-order valence-electron chi connectivity index (χ4n) is 2.92. The van der Waals surface area contributed by atoms with Gasteiger partial charge in [-0.1, -0.05) is 18.7 Å². The van der Waals surface area contributed by atoms with Crippen molar-refractivity contribution in [1.82, 2.24) is 9.80 Å². The lowest BCUT2D eigenvalue weighted by Crippen LogP contribution is -2.42. The van der Waals surface area contributed by atoms with E-state index in [1.807, 2.05) is 18.0 Å². The zero-order valence-electron chi connectivity index (χ0n) is 15.0. The summed E-state index contributed by atoms with van der Waals surface area (Å²) in [5.41, 5.74) is 1.51. The molecule has 0 unspecified atom stereocenters. The third-order valence-corrected chi connectivity index (χ3v) is 4.34. The van der Waals surface area contributed by atoms with E-state index in [0.29, 0.717) is 42.2 Å². The van der Waals surface area contributed by atoms with Gasteiger partial charge >= 0.3 is 0 Å². The minimum absolute atomic E-state index is 0.00159. The topological polar surface area (TPSA) is 88.3 Å². The molecule has 2 aliphatic heterocycles. The molecule has 0 aromatic heterocycles. The molecule has 1 aromatic carbocycles. The Morgan fingerprint density at radius 1 is 1.37 bits per heavy atom. The van der Waals surface area contributed by atoms with Crippen LogP contribution in [-0.4, -0.2) is 60.1 Å². The molecule has 0 saturated carbocycles. The van der Waals surface area contributed by atoms with Crippen molar-refractivity contribution in [1.29, 1.82) is 0 Å². The highest BCUT2D eigenvalue weighted by Crippen LogP contribution is 2.26. The number of aliphatic imine (C=N–C) groups is 1. The van der Waals surface area contributed by atoms with E-state index in [-0.39, 0.29) is 5.69 Å². The average Bonchev–Trinajstić information content (AvgIpc) is 2.70. The summed E-state index contributed by atoms with van der Waals surface area (Å²) in [6.07, 6.45) is 4.15. The molecule has 1 aromatic rings. The number of carbonyl (C=O) groups is 1. The van der Waals surface area contributed by atoms with Crippen LogP contribution in [0.5, 0.6) is 0 Å². The van der Waals surface area contributed by atoms with Crippen molar-refractivity contribution < 1.29 is 14.5 Å². The van der Waals surface area contributed by atoms with Crippen molar-refractivity contribution >= 4 is 17.7 Å². The van der Waals surface area contributed by atoms with Crippen molar-refractivity contribution in [2.75, 3.05) is 33.4 Å². The zero-order chi connectivity index (χ0) is 19.4. The van der Waals surface area contributed by atoms with Crippen molar-refractivity contribution in [2.45, 2.75) is 0 Å². The van der Waals surface area contributed by atoms with Gasteiger partial charge in [0.15, 0.2) is 0 Å². The summed E-state index contributed by atoms with van der Waals surface area (Å²) < 4.78 is 5.42. The van der Waals surface area contributed by atoms with Crippen molar-refractivity contribution in [3.05, 3.63) is 75.9 Å². The second-order valence-electron chi connectivity index (χ2n) is 6.16. The normalized spacial score (nSPS) is 18.8. The van der Waals surface area contributed by atoms with Gasteiger partial charge in [-0.05, 0) is 6.08 Å². The first-order valence-electron chi connectivity index (χ1n) is 8.47. The molecule has 1 fully saturated rings. The number of aldehydes is 1. The summed E-state index contributed by atoms with van der Waals surface area (Å²) in [6, 6.07) is 6.33. The van der Waals surface area contributed by atoms with E-state index in [2.05, 4.69) is 16.5 Å². The Bertz CT molecular complexity index is 866. The number of morpholine rings is 1. The Hall–Kier alpha value is -3.26. The van der Waals surface area contributed by atoms with Crippen LogP contribution >= 0.6 is 0 Å². The van der Waals surface area contributed by atoms with Gasteiger partial charge in [-0.2, -0.15) is 0 Å². The summed E-state index contributed by atoms with van der Waals surface area (Å²) >= 11 is 0. The number of ether oxygens (including phenoxy) is 1. The summed E-state index contributed by atoms with van der Waals surface area (Å²) in [5, 5.41) is 11.1. The standard InChI is InChI=1S/C19H20N4O4/c1-14(13-24)10-18-20-17(15-4-3-5-16(11-15)23(25)26)12-19(21(18)2)22-6-8-27-9-7-22/h3-5,10-13H,1,6-9H2,2H3/b18-10-. The quantitative estimate of drug-likeness (QED) is 0.342. The number of hydrogen-bond acceptors (Lipinski definition) is 7. The van der Waals surface area contributed by atoms with Gasteiger partial charge in [0.25, 0.3) is 5.69 Å². The molecular formula is C19H20N4O4. The Labute approximate surface area is 156 Å². The van der Waals surface area contributed by atoms with Gasteiger partial charge in [0.05, 0.1) is 23.8 Å². The van der Waals surface area contributed by atoms with Crippen LogP contribution in [0.2, 0.25) is 0 Å². The van der Waals surface area contributed by atoms with Crippen LogP contribution in [0.25, 0.3) is 0 Å². The Morgan fingerprint density at radius 2 is 2.11 bits per heavy atom. The maximum atomic E-state index is 11.1. The summed E-state index contributed by atoms with van der Waals surface area (Å²) in [4.78, 5) is 30.3. The minimum atomic E-state index is -0.434. The van der Waals surface area contributed by atoms with E-state index >= 15 is 0 Å². The molecule has 0 spiro atoms. The summed E-state index contributed by atoms with van der Waals surface area (Å²) in [5.74, 6) is 1.43. The molecule has 0 amide bonds. The number of carbonyl (C=O) groups excluding carboxylic acids is 1. The first-order valence-corrected chi connectivity index (χ1v) is 8.47. The lowest BCUT2D eigenvalue weighted by atomic mass is 10.1. The number of benzene rings is 1. The zero-order valence-corrected chi connectivity index (χ0v) is 15.0. The molecule has 2 heterocycles. The molecular weight excluding hydrogens is 348 g/mol. The highest BCUT2D eigenvalue weighted by atomic mass is 16.6. The fourth-order valence-corrected chi connectivity index (χ4v) is 2.92. The van der Waals surface area contributed by atoms with Gasteiger partial charge in [0.1, 0.15) is 17.9 Å². The molecule has 8 heteroatoms. The second kappa shape index (κ2) is 7.96.